The number of aliphatic hydroxyl groups is 1. The predicted molar refractivity (Wildman–Crippen MR) is 79.0 cm³/mol. The summed E-state index contributed by atoms with van der Waals surface area (Å²) >= 11 is 1.56. The molecule has 0 heterocycles. The number of aliphatic hydroxyl groups excluding tert-OH is 1. The SMILES string of the molecule is CC(CO)CSCCC(NC(=O)OC(C)(C)C)C(=O)O. The van der Waals surface area contributed by atoms with E-state index in [1.165, 1.54) is 0 Å². The molecule has 0 aromatic carbocycles. The smallest absolute Gasteiger partial charge is 0.408 e. The zero-order valence-electron chi connectivity index (χ0n) is 12.5. The van der Waals surface area contributed by atoms with Crippen LogP contribution in [0.25, 0.3) is 0 Å². The highest BCUT2D eigenvalue weighted by Crippen LogP contribution is 2.11. The van der Waals surface area contributed by atoms with E-state index in [1.54, 1.807) is 32.5 Å². The van der Waals surface area contributed by atoms with Crippen molar-refractivity contribution in [2.24, 2.45) is 5.92 Å². The average molecular weight is 307 g/mol. The van der Waals surface area contributed by atoms with Gasteiger partial charge < -0.3 is 20.3 Å². The Kier molecular flexibility index (Phi) is 8.64. The molecule has 0 aromatic rings. The standard InChI is InChI=1S/C13H25NO5S/c1-9(7-15)8-20-6-5-10(11(16)17)14-12(18)19-13(2,3)4/h9-10,15H,5-8H2,1-4H3,(H,14,18)(H,16,17). The normalized spacial score (nSPS) is 14.4. The average Bonchev–Trinajstić information content (AvgIpc) is 2.29. The van der Waals surface area contributed by atoms with E-state index in [-0.39, 0.29) is 12.5 Å². The second-order valence-electron chi connectivity index (χ2n) is 5.69. The van der Waals surface area contributed by atoms with E-state index in [9.17, 15) is 9.59 Å². The van der Waals surface area contributed by atoms with Gasteiger partial charge in [-0.15, -0.1) is 0 Å². The lowest BCUT2D eigenvalue weighted by Crippen LogP contribution is -2.43. The first-order chi connectivity index (χ1) is 9.15. The molecule has 0 aliphatic carbocycles. The monoisotopic (exact) mass is 307 g/mol. The first-order valence-corrected chi connectivity index (χ1v) is 7.72. The molecule has 0 fully saturated rings. The number of thioether (sulfide) groups is 1. The molecule has 6 nitrogen and oxygen atoms in total. The number of nitrogens with one attached hydrogen (secondary N) is 1. The van der Waals surface area contributed by atoms with Crippen LogP contribution in [-0.4, -0.2) is 52.0 Å². The number of rotatable bonds is 8. The van der Waals surface area contributed by atoms with Crippen LogP contribution in [0, 0.1) is 5.92 Å². The molecule has 118 valence electrons. The Morgan fingerprint density at radius 3 is 2.40 bits per heavy atom. The minimum atomic E-state index is -1.08. The van der Waals surface area contributed by atoms with Crippen molar-refractivity contribution in [2.75, 3.05) is 18.1 Å². The number of carboxylic acid groups (broad SMARTS) is 1. The second kappa shape index (κ2) is 9.07. The zero-order valence-corrected chi connectivity index (χ0v) is 13.3. The maximum absolute atomic E-state index is 11.5. The molecule has 0 spiro atoms. The van der Waals surface area contributed by atoms with Crippen LogP contribution >= 0.6 is 11.8 Å². The van der Waals surface area contributed by atoms with Crippen LogP contribution in [0.1, 0.15) is 34.1 Å². The van der Waals surface area contributed by atoms with Gasteiger partial charge >= 0.3 is 12.1 Å². The Balaban J connectivity index is 4.11. The summed E-state index contributed by atoms with van der Waals surface area (Å²) in [5.41, 5.74) is -0.654. The number of carboxylic acids is 1. The third kappa shape index (κ3) is 9.91. The van der Waals surface area contributed by atoms with Crippen molar-refractivity contribution in [1.29, 1.82) is 0 Å². The Morgan fingerprint density at radius 2 is 1.95 bits per heavy atom. The number of ether oxygens (including phenoxy) is 1. The van der Waals surface area contributed by atoms with E-state index < -0.39 is 23.7 Å². The van der Waals surface area contributed by atoms with E-state index in [0.29, 0.717) is 12.2 Å². The van der Waals surface area contributed by atoms with Crippen molar-refractivity contribution in [1.82, 2.24) is 5.32 Å². The minimum absolute atomic E-state index is 0.117. The third-order valence-electron chi connectivity index (χ3n) is 2.25. The second-order valence-corrected chi connectivity index (χ2v) is 6.84. The van der Waals surface area contributed by atoms with Crippen LogP contribution in [0.4, 0.5) is 4.79 Å². The summed E-state index contributed by atoms with van der Waals surface area (Å²) in [5.74, 6) is 0.459. The highest BCUT2D eigenvalue weighted by molar-refractivity contribution is 7.99. The lowest BCUT2D eigenvalue weighted by atomic mass is 10.2. The van der Waals surface area contributed by atoms with Crippen molar-refractivity contribution in [3.63, 3.8) is 0 Å². The van der Waals surface area contributed by atoms with Crippen molar-refractivity contribution in [3.8, 4) is 0 Å². The maximum Gasteiger partial charge on any atom is 0.408 e. The quantitative estimate of drug-likeness (QED) is 0.591. The van der Waals surface area contributed by atoms with Gasteiger partial charge in [0.05, 0.1) is 0 Å². The van der Waals surface area contributed by atoms with E-state index >= 15 is 0 Å². The first kappa shape index (κ1) is 19.1. The molecule has 7 heteroatoms. The largest absolute Gasteiger partial charge is 0.480 e. The molecule has 1 amide bonds. The van der Waals surface area contributed by atoms with E-state index in [2.05, 4.69) is 5.32 Å². The number of aliphatic carboxylic acids is 1. The Bertz CT molecular complexity index is 316. The summed E-state index contributed by atoms with van der Waals surface area (Å²) in [7, 11) is 0. The van der Waals surface area contributed by atoms with E-state index in [1.807, 2.05) is 6.92 Å². The van der Waals surface area contributed by atoms with Gasteiger partial charge in [0, 0.05) is 6.61 Å². The van der Waals surface area contributed by atoms with E-state index in [4.69, 9.17) is 14.9 Å². The molecule has 2 unspecified atom stereocenters. The summed E-state index contributed by atoms with van der Waals surface area (Å²) in [4.78, 5) is 22.6. The van der Waals surface area contributed by atoms with Gasteiger partial charge in [-0.2, -0.15) is 11.8 Å². The molecule has 0 bridgehead atoms. The van der Waals surface area contributed by atoms with E-state index in [0.717, 1.165) is 5.75 Å². The number of hydrogen-bond donors (Lipinski definition) is 3. The van der Waals surface area contributed by atoms with Gasteiger partial charge in [0.15, 0.2) is 0 Å². The number of carbonyl (C=O) groups excluding carboxylic acids is 1. The zero-order chi connectivity index (χ0) is 15.8. The van der Waals surface area contributed by atoms with Crippen LogP contribution in [-0.2, 0) is 9.53 Å². The lowest BCUT2D eigenvalue weighted by molar-refractivity contribution is -0.139. The number of carbonyl (C=O) groups is 2. The Labute approximate surface area is 124 Å². The van der Waals surface area contributed by atoms with Crippen LogP contribution < -0.4 is 5.32 Å². The topological polar surface area (TPSA) is 95.9 Å². The first-order valence-electron chi connectivity index (χ1n) is 6.56. The van der Waals surface area contributed by atoms with Crippen molar-refractivity contribution in [3.05, 3.63) is 0 Å². The molecule has 20 heavy (non-hydrogen) atoms. The summed E-state index contributed by atoms with van der Waals surface area (Å²) in [5, 5.41) is 20.3. The molecule has 3 N–H and O–H groups in total. The molecule has 0 rings (SSSR count). The number of amides is 1. The van der Waals surface area contributed by atoms with Crippen LogP contribution in [0.3, 0.4) is 0 Å². The third-order valence-corrected chi connectivity index (χ3v) is 3.58. The van der Waals surface area contributed by atoms with Crippen molar-refractivity contribution in [2.45, 2.75) is 45.8 Å². The van der Waals surface area contributed by atoms with Crippen molar-refractivity contribution < 1.29 is 24.5 Å². The molecule has 0 radical (unpaired) electrons. The summed E-state index contributed by atoms with van der Waals surface area (Å²) in [6.45, 7) is 7.18. The predicted octanol–water partition coefficient (Wildman–Crippen LogP) is 1.72. The van der Waals surface area contributed by atoms with Gasteiger partial charge in [-0.05, 0) is 44.6 Å². The highest BCUT2D eigenvalue weighted by Gasteiger charge is 2.23. The lowest BCUT2D eigenvalue weighted by Gasteiger charge is -2.22. The summed E-state index contributed by atoms with van der Waals surface area (Å²) < 4.78 is 5.03. The Hall–Kier alpha value is -0.950. The molecule has 0 aliphatic heterocycles. The van der Waals surface area contributed by atoms with Gasteiger partial charge in [0.1, 0.15) is 11.6 Å². The minimum Gasteiger partial charge on any atom is -0.480 e. The molecule has 2 atom stereocenters. The van der Waals surface area contributed by atoms with Gasteiger partial charge in [-0.25, -0.2) is 9.59 Å². The number of alkyl carbamates (subject to hydrolysis) is 1. The van der Waals surface area contributed by atoms with Crippen LogP contribution in [0.2, 0.25) is 0 Å². The van der Waals surface area contributed by atoms with Gasteiger partial charge in [0.2, 0.25) is 0 Å². The van der Waals surface area contributed by atoms with Gasteiger partial charge in [0.25, 0.3) is 0 Å². The molecule has 0 aromatic heterocycles. The van der Waals surface area contributed by atoms with Crippen molar-refractivity contribution >= 4 is 23.8 Å². The summed E-state index contributed by atoms with van der Waals surface area (Å²) in [6.07, 6.45) is -0.407. The van der Waals surface area contributed by atoms with Crippen LogP contribution in [0.15, 0.2) is 0 Å². The fourth-order valence-corrected chi connectivity index (χ4v) is 2.32. The molecule has 0 aliphatic rings. The van der Waals surface area contributed by atoms with Crippen LogP contribution in [0.5, 0.6) is 0 Å². The molecule has 0 saturated carbocycles. The van der Waals surface area contributed by atoms with Gasteiger partial charge in [-0.3, -0.25) is 0 Å². The Morgan fingerprint density at radius 1 is 1.35 bits per heavy atom. The number of hydrogen-bond acceptors (Lipinski definition) is 5. The molecular formula is C13H25NO5S. The summed E-state index contributed by atoms with van der Waals surface area (Å²) in [6, 6.07) is -0.957. The maximum atomic E-state index is 11.5. The fraction of sp³-hybridized carbons (Fsp3) is 0.846. The molecule has 0 saturated heterocycles. The highest BCUT2D eigenvalue weighted by atomic mass is 32.2. The fourth-order valence-electron chi connectivity index (χ4n) is 1.25. The molecular weight excluding hydrogens is 282 g/mol. The van der Waals surface area contributed by atoms with Gasteiger partial charge in [-0.1, -0.05) is 6.92 Å².